The predicted octanol–water partition coefficient (Wildman–Crippen LogP) is 9.83. The molecule has 0 radical (unpaired) electrons. The molecule has 1 aromatic carbocycles. The number of fused-ring (bicyclic) bond motifs is 14. The molecule has 0 fully saturated rings. The third-order valence-electron chi connectivity index (χ3n) is 13.0. The number of hydrogen-bond donors (Lipinski definition) is 7. The van der Waals surface area contributed by atoms with Crippen molar-refractivity contribution in [2.24, 2.45) is 5.92 Å². The summed E-state index contributed by atoms with van der Waals surface area (Å²) in [5.74, 6) is -2.84. The number of nitrogens with zero attached hydrogens (tertiary/aromatic N) is 7. The van der Waals surface area contributed by atoms with Gasteiger partial charge in [0.05, 0.1) is 53.5 Å². The van der Waals surface area contributed by atoms with E-state index in [4.69, 9.17) is 44.5 Å². The van der Waals surface area contributed by atoms with Gasteiger partial charge in [-0.25, -0.2) is 39.7 Å². The second-order valence-corrected chi connectivity index (χ2v) is 25.0. The van der Waals surface area contributed by atoms with Crippen LogP contribution in [0.15, 0.2) is 70.6 Å². The first-order chi connectivity index (χ1) is 40.0. The van der Waals surface area contributed by atoms with Gasteiger partial charge < -0.3 is 41.0 Å². The Balaban J connectivity index is 1.10. The fourth-order valence-corrected chi connectivity index (χ4v) is 14.3. The molecule has 0 spiro atoms. The first-order valence-corrected chi connectivity index (χ1v) is 31.1. The maximum atomic E-state index is 14.4. The smallest absolute Gasteiger partial charge is 0.412 e. The normalized spacial score (nSPS) is 16.3. The summed E-state index contributed by atoms with van der Waals surface area (Å²) in [7, 11) is 3.05. The first-order valence-electron chi connectivity index (χ1n) is 25.9. The molecule has 4 atom stereocenters. The number of ketones is 1. The summed E-state index contributed by atoms with van der Waals surface area (Å²) in [5.41, 5.74) is 3.80. The maximum absolute atomic E-state index is 14.4. The lowest BCUT2D eigenvalue weighted by Crippen LogP contribution is -2.38. The molecular formula is C55H56N12O10S6. The third-order valence-corrected chi connectivity index (χ3v) is 18.8. The number of thiazole rings is 6. The predicted molar refractivity (Wildman–Crippen MR) is 320 cm³/mol. The van der Waals surface area contributed by atoms with Gasteiger partial charge in [0.1, 0.15) is 77.2 Å². The van der Waals surface area contributed by atoms with Gasteiger partial charge in [0.2, 0.25) is 11.8 Å². The molecule has 7 N–H and O–H groups in total. The zero-order valence-electron chi connectivity index (χ0n) is 45.3. The van der Waals surface area contributed by atoms with Crippen LogP contribution in [-0.2, 0) is 30.5 Å². The highest BCUT2D eigenvalue weighted by Gasteiger charge is 2.32. The van der Waals surface area contributed by atoms with Gasteiger partial charge >= 0.3 is 12.1 Å². The molecule has 83 heavy (non-hydrogen) atoms. The van der Waals surface area contributed by atoms with Crippen LogP contribution in [-0.4, -0.2) is 108 Å². The number of aryl methyl sites for hydroxylation is 1. The van der Waals surface area contributed by atoms with Crippen LogP contribution in [0.1, 0.15) is 127 Å². The molecule has 22 nitrogen and oxygen atoms in total. The van der Waals surface area contributed by atoms with Gasteiger partial charge in [-0.1, -0.05) is 50.8 Å². The van der Waals surface area contributed by atoms with Gasteiger partial charge in [0.15, 0.2) is 5.78 Å². The molecule has 0 unspecified atom stereocenters. The van der Waals surface area contributed by atoms with Crippen LogP contribution in [0, 0.1) is 12.8 Å². The van der Waals surface area contributed by atoms with E-state index in [-0.39, 0.29) is 79.8 Å². The van der Waals surface area contributed by atoms with Crippen LogP contribution in [0.3, 0.4) is 0 Å². The second-order valence-electron chi connectivity index (χ2n) is 19.2. The van der Waals surface area contributed by atoms with Crippen molar-refractivity contribution in [1.82, 2.24) is 56.2 Å². The van der Waals surface area contributed by atoms with Crippen molar-refractivity contribution in [3.05, 3.63) is 118 Å². The van der Waals surface area contributed by atoms with Gasteiger partial charge in [-0.3, -0.25) is 29.3 Å². The average molecular weight is 1240 g/mol. The number of carbonyl (C=O) groups is 6. The van der Waals surface area contributed by atoms with Crippen LogP contribution in [0.25, 0.3) is 49.1 Å². The summed E-state index contributed by atoms with van der Waals surface area (Å²) >= 11 is 7.50. The van der Waals surface area contributed by atoms with E-state index in [1.165, 1.54) is 75.1 Å². The van der Waals surface area contributed by atoms with Gasteiger partial charge in [-0.15, -0.1) is 68.0 Å². The lowest BCUT2D eigenvalue weighted by atomic mass is 9.90. The lowest BCUT2D eigenvalue weighted by Gasteiger charge is -2.23. The minimum Gasteiger partial charge on any atom is -0.481 e. The highest BCUT2D eigenvalue weighted by atomic mass is 32.1. The molecule has 1 aliphatic rings. The molecular weight excluding hydrogens is 1180 g/mol. The first kappa shape index (κ1) is 60.0. The molecule has 10 bridgehead atoms. The van der Waals surface area contributed by atoms with Gasteiger partial charge in [-0.05, 0) is 43.4 Å². The number of methoxy groups -OCH3 is 1. The van der Waals surface area contributed by atoms with Crippen molar-refractivity contribution in [2.45, 2.75) is 83.6 Å². The maximum Gasteiger partial charge on any atom is 0.412 e. The van der Waals surface area contributed by atoms with Crippen LogP contribution in [0.5, 0.6) is 0 Å². The van der Waals surface area contributed by atoms with E-state index in [1.54, 1.807) is 72.0 Å². The van der Waals surface area contributed by atoms with Crippen molar-refractivity contribution < 1.29 is 48.5 Å². The number of nitrogens with one attached hydrogen (secondary N) is 5. The summed E-state index contributed by atoms with van der Waals surface area (Å²) < 4.78 is 10.8. The number of aliphatic carboxylic acids is 1. The quantitative estimate of drug-likeness (QED) is 0.0498. The topological polar surface area (TPSA) is 312 Å². The molecule has 28 heteroatoms. The number of benzene rings is 1. The molecule has 8 aromatic rings. The number of aromatic nitrogens is 7. The zero-order valence-corrected chi connectivity index (χ0v) is 50.2. The number of amides is 4. The Morgan fingerprint density at radius 2 is 1.51 bits per heavy atom. The fraction of sp³-hybridized carbons (Fsp3) is 0.327. The molecule has 4 amide bonds. The Hall–Kier alpha value is -7.57. The van der Waals surface area contributed by atoms with Crippen molar-refractivity contribution in [3.8, 4) is 43.4 Å². The summed E-state index contributed by atoms with van der Waals surface area (Å²) in [5, 5.41) is 44.7. The monoisotopic (exact) mass is 1240 g/mol. The Labute approximate surface area is 500 Å². The highest BCUT2D eigenvalue weighted by Crippen LogP contribution is 2.41. The standard InChI is InChI=1S/C55H56N12O10S6/c1-26(2)31-18-37(68)44-28(4)82-53(67-44)33(19-40(69)56-5)59-48(74)35-23-78-49(61-35)30-15-16-32(51-63-39(25-81-51)64-55(75)77-17-11-10-14-42(71)72)58-45(30)34-22-79-52(60-34)36-24-80-54(62-36)46(47(73)29-12-8-7-9-13-29)65-41(70)20-57-27(3)43-38(21-76-6)83-50(31)66-43/h7-9,12-13,15-16,22-26,31,33,46-47,57,73H,3,10-11,14,17-21H2,1-2,4-6H3,(H,56,69)(H,59,74)(H,64,75)(H,65,70)(H,71,72)/t31-,33-,46-,47-/m0/s1. The molecule has 8 heterocycles. The summed E-state index contributed by atoms with van der Waals surface area (Å²) in [6.07, 6.45) is -1.42. The van der Waals surface area contributed by atoms with Gasteiger partial charge in [0.25, 0.3) is 5.91 Å². The number of rotatable bonds is 14. The minimum absolute atomic E-state index is 0.0259. The molecule has 9 rings (SSSR count). The van der Waals surface area contributed by atoms with Gasteiger partial charge in [0, 0.05) is 64.9 Å². The minimum atomic E-state index is -1.22. The van der Waals surface area contributed by atoms with E-state index in [2.05, 4.69) is 38.1 Å². The molecule has 0 saturated carbocycles. The molecule has 0 aliphatic carbocycles. The number of hydrogen-bond acceptors (Lipinski definition) is 23. The molecule has 432 valence electrons. The van der Waals surface area contributed by atoms with Gasteiger partial charge in [-0.2, -0.15) is 0 Å². The number of carbonyl (C=O) groups excluding carboxylic acids is 5. The number of Topliss-reactive ketones (excluding diaryl/α,β-unsaturated/α-hetero) is 1. The third kappa shape index (κ3) is 14.6. The summed E-state index contributed by atoms with van der Waals surface area (Å²) in [6.45, 7) is 9.98. The van der Waals surface area contributed by atoms with Crippen molar-refractivity contribution in [2.75, 3.05) is 32.6 Å². The second kappa shape index (κ2) is 27.2. The number of carboxylic acid groups (broad SMARTS) is 1. The summed E-state index contributed by atoms with van der Waals surface area (Å²) in [4.78, 5) is 115. The van der Waals surface area contributed by atoms with Crippen LogP contribution >= 0.6 is 68.0 Å². The Kier molecular flexibility index (Phi) is 19.7. The SMILES string of the molecule is C=C1NCC(=O)N[C@@H]([C@@H](O)c2ccccc2)c2nc(cs2)-c2nc(cs2)-c2nc(-c3nc(NC(=O)OCCCCC(=O)O)cs3)ccc2-c2nc(cs2)C(=O)N[C@@H](CC(=O)NC)c2nc(c(C)s2)C(=O)C[C@@H](C(C)C)c2nc1c(COC)s2. The van der Waals surface area contributed by atoms with E-state index in [9.17, 15) is 33.9 Å². The molecule has 0 saturated heterocycles. The van der Waals surface area contributed by atoms with Crippen LogP contribution < -0.4 is 26.6 Å². The fourth-order valence-electron chi connectivity index (χ4n) is 8.66. The van der Waals surface area contributed by atoms with E-state index in [0.29, 0.717) is 93.1 Å². The Morgan fingerprint density at radius 1 is 0.783 bits per heavy atom. The van der Waals surface area contributed by atoms with Crippen LogP contribution in [0.2, 0.25) is 0 Å². The zero-order chi connectivity index (χ0) is 58.9. The highest BCUT2D eigenvalue weighted by molar-refractivity contribution is 7.15. The van der Waals surface area contributed by atoms with Crippen molar-refractivity contribution in [3.63, 3.8) is 0 Å². The lowest BCUT2D eigenvalue weighted by molar-refractivity contribution is -0.137. The molecule has 7 aromatic heterocycles. The van der Waals surface area contributed by atoms with E-state index >= 15 is 0 Å². The largest absolute Gasteiger partial charge is 0.481 e. The van der Waals surface area contributed by atoms with Crippen molar-refractivity contribution >= 4 is 115 Å². The summed E-state index contributed by atoms with van der Waals surface area (Å²) in [6, 6.07) is 10.5. The van der Waals surface area contributed by atoms with Crippen LogP contribution in [0.4, 0.5) is 10.6 Å². The number of aliphatic hydroxyl groups excluding tert-OH is 1. The Morgan fingerprint density at radius 3 is 2.27 bits per heavy atom. The Bertz CT molecular complexity index is 3680. The van der Waals surface area contributed by atoms with E-state index < -0.39 is 42.1 Å². The van der Waals surface area contributed by atoms with Crippen molar-refractivity contribution in [1.29, 1.82) is 0 Å². The average Bonchev–Trinajstić information content (AvgIpc) is 4.56. The number of ether oxygens (including phenoxy) is 2. The number of anilines is 1. The number of carboxylic acids is 1. The number of aliphatic hydroxyl groups is 1. The number of pyridine rings is 1. The molecule has 1 aliphatic heterocycles. The number of unbranched alkanes of at least 4 members (excludes halogenated alkanes) is 1. The van der Waals surface area contributed by atoms with E-state index in [1.807, 2.05) is 19.9 Å². The van der Waals surface area contributed by atoms with E-state index in [0.717, 1.165) is 4.88 Å².